The molecule has 0 atom stereocenters. The van der Waals surface area contributed by atoms with Gasteiger partial charge in [-0.3, -0.25) is 14.5 Å². The summed E-state index contributed by atoms with van der Waals surface area (Å²) in [6, 6.07) is 14.4. The van der Waals surface area contributed by atoms with Crippen LogP contribution in [0.25, 0.3) is 11.4 Å². The lowest BCUT2D eigenvalue weighted by molar-refractivity contribution is -0.121. The van der Waals surface area contributed by atoms with Gasteiger partial charge in [0, 0.05) is 34.8 Å². The molecule has 0 bridgehead atoms. The molecule has 2 heterocycles. The SMILES string of the molecule is CC(=O)Nc1cccc(NC(=O)C2CCN(Cc3nc(-c4ccc(Cl)cc4)no3)CC2)c1. The van der Waals surface area contributed by atoms with E-state index in [4.69, 9.17) is 16.1 Å². The normalized spacial score (nSPS) is 14.8. The largest absolute Gasteiger partial charge is 0.338 e. The van der Waals surface area contributed by atoms with Crippen LogP contribution in [0.1, 0.15) is 25.7 Å². The van der Waals surface area contributed by atoms with Crippen molar-refractivity contribution in [3.63, 3.8) is 0 Å². The van der Waals surface area contributed by atoms with Gasteiger partial charge in [0.05, 0.1) is 6.54 Å². The molecule has 4 rings (SSSR count). The number of halogens is 1. The molecule has 0 unspecified atom stereocenters. The summed E-state index contributed by atoms with van der Waals surface area (Å²) >= 11 is 5.92. The zero-order chi connectivity index (χ0) is 22.5. The number of hydrogen-bond donors (Lipinski definition) is 2. The van der Waals surface area contributed by atoms with Crippen LogP contribution >= 0.6 is 11.6 Å². The number of rotatable bonds is 6. The fourth-order valence-corrected chi connectivity index (χ4v) is 3.83. The average Bonchev–Trinajstić information content (AvgIpc) is 3.23. The Bertz CT molecular complexity index is 1090. The molecule has 3 aromatic rings. The van der Waals surface area contributed by atoms with Crippen LogP contribution in [-0.4, -0.2) is 39.9 Å². The van der Waals surface area contributed by atoms with Crippen molar-refractivity contribution in [1.29, 1.82) is 0 Å². The quantitative estimate of drug-likeness (QED) is 0.580. The summed E-state index contributed by atoms with van der Waals surface area (Å²) in [4.78, 5) is 30.6. The molecule has 0 saturated carbocycles. The van der Waals surface area contributed by atoms with Crippen molar-refractivity contribution in [2.45, 2.75) is 26.3 Å². The molecule has 0 aliphatic carbocycles. The molecule has 1 aliphatic heterocycles. The standard InChI is InChI=1S/C23H24ClN5O3/c1-15(30)25-19-3-2-4-20(13-19)26-23(31)17-9-11-29(12-10-17)14-21-27-22(28-32-21)16-5-7-18(24)8-6-16/h2-8,13,17H,9-12,14H2,1H3,(H,25,30)(H,26,31). The summed E-state index contributed by atoms with van der Waals surface area (Å²) in [6.07, 6.45) is 1.49. The van der Waals surface area contributed by atoms with Gasteiger partial charge in [-0.25, -0.2) is 0 Å². The molecule has 2 N–H and O–H groups in total. The zero-order valence-corrected chi connectivity index (χ0v) is 18.4. The number of benzene rings is 2. The van der Waals surface area contributed by atoms with Crippen LogP contribution in [0, 0.1) is 5.92 Å². The molecule has 2 amide bonds. The van der Waals surface area contributed by atoms with Gasteiger partial charge in [-0.15, -0.1) is 0 Å². The van der Waals surface area contributed by atoms with Crippen molar-refractivity contribution in [1.82, 2.24) is 15.0 Å². The average molecular weight is 454 g/mol. The number of carbonyl (C=O) groups is 2. The van der Waals surface area contributed by atoms with Gasteiger partial charge in [-0.1, -0.05) is 22.8 Å². The second-order valence-electron chi connectivity index (χ2n) is 7.82. The van der Waals surface area contributed by atoms with Gasteiger partial charge >= 0.3 is 0 Å². The molecule has 8 nitrogen and oxygen atoms in total. The molecule has 1 saturated heterocycles. The highest BCUT2D eigenvalue weighted by atomic mass is 35.5. The minimum atomic E-state index is -0.151. The third kappa shape index (κ3) is 5.72. The molecule has 0 spiro atoms. The predicted molar refractivity (Wildman–Crippen MR) is 122 cm³/mol. The highest BCUT2D eigenvalue weighted by molar-refractivity contribution is 6.30. The second-order valence-corrected chi connectivity index (χ2v) is 8.26. The van der Waals surface area contributed by atoms with E-state index >= 15 is 0 Å². The van der Waals surface area contributed by atoms with E-state index in [0.29, 0.717) is 34.7 Å². The Labute approximate surface area is 190 Å². The van der Waals surface area contributed by atoms with E-state index in [1.165, 1.54) is 6.92 Å². The van der Waals surface area contributed by atoms with Crippen LogP contribution in [0.5, 0.6) is 0 Å². The van der Waals surface area contributed by atoms with Crippen molar-refractivity contribution < 1.29 is 14.1 Å². The lowest BCUT2D eigenvalue weighted by Crippen LogP contribution is -2.37. The Morgan fingerprint density at radius 1 is 1.09 bits per heavy atom. The Balaban J connectivity index is 1.27. The number of nitrogens with zero attached hydrogens (tertiary/aromatic N) is 3. The van der Waals surface area contributed by atoms with Gasteiger partial charge < -0.3 is 15.2 Å². The van der Waals surface area contributed by atoms with Crippen molar-refractivity contribution in [2.75, 3.05) is 23.7 Å². The van der Waals surface area contributed by atoms with Gasteiger partial charge in [0.2, 0.25) is 23.5 Å². The summed E-state index contributed by atoms with van der Waals surface area (Å²) in [6.45, 7) is 3.53. The monoisotopic (exact) mass is 453 g/mol. The highest BCUT2D eigenvalue weighted by Crippen LogP contribution is 2.23. The van der Waals surface area contributed by atoms with E-state index in [-0.39, 0.29) is 17.7 Å². The number of amides is 2. The number of hydrogen-bond acceptors (Lipinski definition) is 6. The van der Waals surface area contributed by atoms with Crippen molar-refractivity contribution in [3.8, 4) is 11.4 Å². The molecule has 1 fully saturated rings. The maximum atomic E-state index is 12.7. The van der Waals surface area contributed by atoms with Gasteiger partial charge in [-0.2, -0.15) is 4.98 Å². The third-order valence-corrected chi connectivity index (χ3v) is 5.59. The minimum Gasteiger partial charge on any atom is -0.338 e. The summed E-state index contributed by atoms with van der Waals surface area (Å²) < 4.78 is 5.40. The summed E-state index contributed by atoms with van der Waals surface area (Å²) in [5.41, 5.74) is 2.18. The lowest BCUT2D eigenvalue weighted by Gasteiger charge is -2.30. The number of carbonyl (C=O) groups excluding carboxylic acids is 2. The molecule has 32 heavy (non-hydrogen) atoms. The first-order valence-corrected chi connectivity index (χ1v) is 10.8. The zero-order valence-electron chi connectivity index (χ0n) is 17.7. The Hall–Kier alpha value is -3.23. The fraction of sp³-hybridized carbons (Fsp3) is 0.304. The summed E-state index contributed by atoms with van der Waals surface area (Å²) in [7, 11) is 0. The topological polar surface area (TPSA) is 100 Å². The number of likely N-dealkylation sites (tertiary alicyclic amines) is 1. The predicted octanol–water partition coefficient (Wildman–Crippen LogP) is 4.20. The molecule has 166 valence electrons. The third-order valence-electron chi connectivity index (χ3n) is 5.34. The van der Waals surface area contributed by atoms with E-state index in [0.717, 1.165) is 31.5 Å². The number of nitrogens with one attached hydrogen (secondary N) is 2. The Morgan fingerprint density at radius 3 is 2.47 bits per heavy atom. The van der Waals surface area contributed by atoms with Gasteiger partial charge in [0.1, 0.15) is 0 Å². The molecule has 2 aromatic carbocycles. The van der Waals surface area contributed by atoms with Crippen LogP contribution in [0.15, 0.2) is 53.1 Å². The van der Waals surface area contributed by atoms with Gasteiger partial charge in [0.25, 0.3) is 0 Å². The van der Waals surface area contributed by atoms with Crippen molar-refractivity contribution in [3.05, 3.63) is 59.4 Å². The van der Waals surface area contributed by atoms with Crippen LogP contribution in [0.2, 0.25) is 5.02 Å². The molecule has 1 aliphatic rings. The maximum absolute atomic E-state index is 12.7. The first-order valence-electron chi connectivity index (χ1n) is 10.5. The van der Waals surface area contributed by atoms with Crippen molar-refractivity contribution in [2.24, 2.45) is 5.92 Å². The molecule has 1 aromatic heterocycles. The van der Waals surface area contributed by atoms with Crippen molar-refractivity contribution >= 4 is 34.8 Å². The summed E-state index contributed by atoms with van der Waals surface area (Å²) in [5, 5.41) is 10.4. The first kappa shape index (κ1) is 22.0. The van der Waals surface area contributed by atoms with Crippen LogP contribution < -0.4 is 10.6 Å². The Morgan fingerprint density at radius 2 is 1.78 bits per heavy atom. The van der Waals surface area contributed by atoms with E-state index in [9.17, 15) is 9.59 Å². The van der Waals surface area contributed by atoms with E-state index in [2.05, 4.69) is 25.7 Å². The van der Waals surface area contributed by atoms with Gasteiger partial charge in [0.15, 0.2) is 0 Å². The molecular weight excluding hydrogens is 430 g/mol. The van der Waals surface area contributed by atoms with Crippen LogP contribution in [-0.2, 0) is 16.1 Å². The Kier molecular flexibility index (Phi) is 6.82. The first-order chi connectivity index (χ1) is 15.5. The second kappa shape index (κ2) is 9.93. The van der Waals surface area contributed by atoms with Crippen LogP contribution in [0.3, 0.4) is 0 Å². The highest BCUT2D eigenvalue weighted by Gasteiger charge is 2.26. The van der Waals surface area contributed by atoms with E-state index in [1.807, 2.05) is 18.2 Å². The van der Waals surface area contributed by atoms with E-state index < -0.39 is 0 Å². The number of anilines is 2. The van der Waals surface area contributed by atoms with E-state index in [1.54, 1.807) is 30.3 Å². The smallest absolute Gasteiger partial charge is 0.241 e. The van der Waals surface area contributed by atoms with Gasteiger partial charge in [-0.05, 0) is 68.4 Å². The summed E-state index contributed by atoms with van der Waals surface area (Å²) in [5.74, 6) is 0.859. The molecule has 9 heteroatoms. The minimum absolute atomic E-state index is 0.00700. The molecular formula is C23H24ClN5O3. The number of piperidine rings is 1. The lowest BCUT2D eigenvalue weighted by atomic mass is 9.96. The number of aromatic nitrogens is 2. The fourth-order valence-electron chi connectivity index (χ4n) is 3.70. The van der Waals surface area contributed by atoms with Crippen LogP contribution in [0.4, 0.5) is 11.4 Å². The molecule has 0 radical (unpaired) electrons. The maximum Gasteiger partial charge on any atom is 0.241 e.